The number of anilines is 1. The van der Waals surface area contributed by atoms with Crippen LogP contribution in [0.1, 0.15) is 23.0 Å². The molecule has 6 heteroatoms. The van der Waals surface area contributed by atoms with E-state index >= 15 is 0 Å². The molecule has 110 valence electrons. The monoisotopic (exact) mass is 287 g/mol. The zero-order valence-corrected chi connectivity index (χ0v) is 12.0. The third kappa shape index (κ3) is 3.92. The Kier molecular flexibility index (Phi) is 4.71. The van der Waals surface area contributed by atoms with E-state index in [0.29, 0.717) is 30.2 Å². The highest BCUT2D eigenvalue weighted by Crippen LogP contribution is 2.13. The van der Waals surface area contributed by atoms with Gasteiger partial charge in [-0.05, 0) is 19.1 Å². The molecule has 0 radical (unpaired) electrons. The fraction of sp³-hybridized carbons (Fsp3) is 0.267. The van der Waals surface area contributed by atoms with Crippen LogP contribution in [0.5, 0.6) is 0 Å². The summed E-state index contributed by atoms with van der Waals surface area (Å²) in [7, 11) is 0. The Morgan fingerprint density at radius 2 is 2.00 bits per heavy atom. The minimum Gasteiger partial charge on any atom is -0.360 e. The van der Waals surface area contributed by atoms with E-state index < -0.39 is 0 Å². The molecule has 2 aromatic rings. The maximum absolute atomic E-state index is 11.9. The quantitative estimate of drug-likeness (QED) is 0.909. The van der Waals surface area contributed by atoms with Crippen LogP contribution in [-0.2, 0) is 4.79 Å². The van der Waals surface area contributed by atoms with Crippen molar-refractivity contribution < 1.29 is 14.1 Å². The topological polar surface area (TPSA) is 75.4 Å². The van der Waals surface area contributed by atoms with Crippen LogP contribution in [0.3, 0.4) is 0 Å². The first-order chi connectivity index (χ1) is 10.1. The van der Waals surface area contributed by atoms with Crippen molar-refractivity contribution in [1.29, 1.82) is 0 Å². The fourth-order valence-corrected chi connectivity index (χ4v) is 1.89. The van der Waals surface area contributed by atoms with Crippen LogP contribution in [0.4, 0.5) is 5.82 Å². The van der Waals surface area contributed by atoms with E-state index in [2.05, 4.69) is 10.5 Å². The van der Waals surface area contributed by atoms with Gasteiger partial charge in [-0.15, -0.1) is 0 Å². The van der Waals surface area contributed by atoms with Gasteiger partial charge in [0.25, 0.3) is 5.91 Å². The van der Waals surface area contributed by atoms with Crippen LogP contribution < -0.4 is 10.2 Å². The summed E-state index contributed by atoms with van der Waals surface area (Å²) in [5, 5.41) is 6.58. The summed E-state index contributed by atoms with van der Waals surface area (Å²) in [4.78, 5) is 25.0. The smallest absolute Gasteiger partial charge is 0.251 e. The maximum atomic E-state index is 11.9. The number of nitrogens with zero attached hydrogens (tertiary/aromatic N) is 2. The molecule has 1 aromatic heterocycles. The SMILES string of the molecule is CC(=O)N(CCNC(=O)c1ccccc1)c1cc(C)on1. The first-order valence-corrected chi connectivity index (χ1v) is 6.62. The van der Waals surface area contributed by atoms with Gasteiger partial charge in [0.05, 0.1) is 0 Å². The van der Waals surface area contributed by atoms with E-state index in [9.17, 15) is 9.59 Å². The second-order valence-electron chi connectivity index (χ2n) is 4.59. The minimum absolute atomic E-state index is 0.155. The summed E-state index contributed by atoms with van der Waals surface area (Å²) in [6.45, 7) is 3.87. The number of carbonyl (C=O) groups excluding carboxylic acids is 2. The van der Waals surface area contributed by atoms with Gasteiger partial charge < -0.3 is 9.84 Å². The van der Waals surface area contributed by atoms with E-state index in [1.54, 1.807) is 37.3 Å². The van der Waals surface area contributed by atoms with Crippen LogP contribution in [0.25, 0.3) is 0 Å². The number of nitrogens with one attached hydrogen (secondary N) is 1. The number of aromatic nitrogens is 1. The highest BCUT2D eigenvalue weighted by Gasteiger charge is 2.15. The van der Waals surface area contributed by atoms with Crippen molar-refractivity contribution in [2.45, 2.75) is 13.8 Å². The Morgan fingerprint density at radius 1 is 1.29 bits per heavy atom. The summed E-state index contributed by atoms with van der Waals surface area (Å²) < 4.78 is 4.96. The zero-order valence-electron chi connectivity index (χ0n) is 12.0. The Morgan fingerprint density at radius 3 is 2.57 bits per heavy atom. The highest BCUT2D eigenvalue weighted by molar-refractivity contribution is 5.94. The van der Waals surface area contributed by atoms with Crippen molar-refractivity contribution in [3.8, 4) is 0 Å². The molecule has 0 spiro atoms. The van der Waals surface area contributed by atoms with Crippen LogP contribution in [0.2, 0.25) is 0 Å². The minimum atomic E-state index is -0.171. The van der Waals surface area contributed by atoms with Crippen molar-refractivity contribution >= 4 is 17.6 Å². The molecule has 1 aromatic carbocycles. The molecule has 21 heavy (non-hydrogen) atoms. The van der Waals surface area contributed by atoms with Gasteiger partial charge in [-0.2, -0.15) is 0 Å². The second kappa shape index (κ2) is 6.69. The lowest BCUT2D eigenvalue weighted by Gasteiger charge is -2.17. The summed E-state index contributed by atoms with van der Waals surface area (Å²) >= 11 is 0. The third-order valence-corrected chi connectivity index (χ3v) is 2.93. The van der Waals surface area contributed by atoms with E-state index in [0.717, 1.165) is 0 Å². The lowest BCUT2D eigenvalue weighted by Crippen LogP contribution is -2.37. The zero-order chi connectivity index (χ0) is 15.2. The van der Waals surface area contributed by atoms with Gasteiger partial charge in [-0.25, -0.2) is 0 Å². The van der Waals surface area contributed by atoms with Gasteiger partial charge >= 0.3 is 0 Å². The van der Waals surface area contributed by atoms with Gasteiger partial charge in [0.2, 0.25) is 5.91 Å². The molecule has 0 aliphatic carbocycles. The number of hydrogen-bond donors (Lipinski definition) is 1. The van der Waals surface area contributed by atoms with Gasteiger partial charge in [-0.3, -0.25) is 14.5 Å². The number of amides is 2. The summed E-state index contributed by atoms with van der Waals surface area (Å²) in [6.07, 6.45) is 0. The van der Waals surface area contributed by atoms with Crippen LogP contribution in [0, 0.1) is 6.92 Å². The number of benzene rings is 1. The average Bonchev–Trinajstić information content (AvgIpc) is 2.90. The maximum Gasteiger partial charge on any atom is 0.251 e. The second-order valence-corrected chi connectivity index (χ2v) is 4.59. The lowest BCUT2D eigenvalue weighted by atomic mass is 10.2. The summed E-state index contributed by atoms with van der Waals surface area (Å²) in [5.74, 6) is 0.756. The summed E-state index contributed by atoms with van der Waals surface area (Å²) in [6, 6.07) is 10.6. The number of aryl methyl sites for hydroxylation is 1. The van der Waals surface area contributed by atoms with Crippen LogP contribution >= 0.6 is 0 Å². The van der Waals surface area contributed by atoms with E-state index in [1.807, 2.05) is 6.07 Å². The van der Waals surface area contributed by atoms with Crippen LogP contribution in [-0.4, -0.2) is 30.1 Å². The highest BCUT2D eigenvalue weighted by atomic mass is 16.5. The Labute approximate surface area is 122 Å². The molecule has 0 fully saturated rings. The number of rotatable bonds is 5. The van der Waals surface area contributed by atoms with Crippen molar-refractivity contribution in [2.75, 3.05) is 18.0 Å². The van der Waals surface area contributed by atoms with Gasteiger partial charge in [0.15, 0.2) is 5.82 Å². The van der Waals surface area contributed by atoms with Crippen LogP contribution in [0.15, 0.2) is 40.9 Å². The molecular weight excluding hydrogens is 270 g/mol. The molecule has 0 aliphatic heterocycles. The van der Waals surface area contributed by atoms with Gasteiger partial charge in [0.1, 0.15) is 5.76 Å². The lowest BCUT2D eigenvalue weighted by molar-refractivity contribution is -0.116. The molecule has 1 heterocycles. The Bertz CT molecular complexity index is 622. The normalized spacial score (nSPS) is 10.2. The van der Waals surface area contributed by atoms with Crippen molar-refractivity contribution in [2.24, 2.45) is 0 Å². The van der Waals surface area contributed by atoms with E-state index in [1.165, 1.54) is 11.8 Å². The molecule has 6 nitrogen and oxygen atoms in total. The predicted molar refractivity (Wildman–Crippen MR) is 78.0 cm³/mol. The number of carbonyl (C=O) groups is 2. The fourth-order valence-electron chi connectivity index (χ4n) is 1.89. The standard InChI is InChI=1S/C15H17N3O3/c1-11-10-14(17-21-11)18(12(2)19)9-8-16-15(20)13-6-4-3-5-7-13/h3-7,10H,8-9H2,1-2H3,(H,16,20). The van der Waals surface area contributed by atoms with Gasteiger partial charge in [0, 0.05) is 31.6 Å². The molecule has 2 rings (SSSR count). The van der Waals surface area contributed by atoms with Crippen molar-refractivity contribution in [3.05, 3.63) is 47.7 Å². The first kappa shape index (κ1) is 14.8. The molecule has 2 amide bonds. The predicted octanol–water partition coefficient (Wildman–Crippen LogP) is 1.77. The third-order valence-electron chi connectivity index (χ3n) is 2.93. The Balaban J connectivity index is 1.91. The molecular formula is C15H17N3O3. The Hall–Kier alpha value is -2.63. The van der Waals surface area contributed by atoms with Crippen molar-refractivity contribution in [3.63, 3.8) is 0 Å². The number of hydrogen-bond acceptors (Lipinski definition) is 4. The van der Waals surface area contributed by atoms with E-state index in [-0.39, 0.29) is 11.8 Å². The molecule has 0 atom stereocenters. The average molecular weight is 287 g/mol. The molecule has 1 N–H and O–H groups in total. The molecule has 0 saturated carbocycles. The van der Waals surface area contributed by atoms with E-state index in [4.69, 9.17) is 4.52 Å². The molecule has 0 aliphatic rings. The summed E-state index contributed by atoms with van der Waals surface area (Å²) in [5.41, 5.74) is 0.587. The molecule has 0 saturated heterocycles. The largest absolute Gasteiger partial charge is 0.360 e. The van der Waals surface area contributed by atoms with Crippen molar-refractivity contribution in [1.82, 2.24) is 10.5 Å². The molecule has 0 unspecified atom stereocenters. The van der Waals surface area contributed by atoms with Gasteiger partial charge in [-0.1, -0.05) is 23.4 Å². The molecule has 0 bridgehead atoms. The first-order valence-electron chi connectivity index (χ1n) is 6.62.